The van der Waals surface area contributed by atoms with Crippen LogP contribution in [0.4, 0.5) is 5.95 Å². The number of rotatable bonds is 2. The Balaban J connectivity index is 1.98. The maximum atomic E-state index is 11.6. The second-order valence-electron chi connectivity index (χ2n) is 3.75. The van der Waals surface area contributed by atoms with Gasteiger partial charge in [0.25, 0.3) is 5.56 Å². The van der Waals surface area contributed by atoms with Crippen molar-refractivity contribution in [2.45, 2.75) is 30.4 Å². The van der Waals surface area contributed by atoms with E-state index >= 15 is 0 Å². The van der Waals surface area contributed by atoms with Crippen molar-refractivity contribution in [1.29, 1.82) is 0 Å². The standard InChI is InChI=1S/C9H11N3OS/c13-8-6-3-14-4-7(6)11-9(12-8)10-5-1-2-5/h5H,1-4H2,(H2,10,11,12,13). The lowest BCUT2D eigenvalue weighted by Gasteiger charge is -2.04. The van der Waals surface area contributed by atoms with Gasteiger partial charge in [0.15, 0.2) is 0 Å². The molecule has 1 fully saturated rings. The highest BCUT2D eigenvalue weighted by Crippen LogP contribution is 2.27. The molecule has 1 aliphatic heterocycles. The normalized spacial score (nSPS) is 19.4. The van der Waals surface area contributed by atoms with Gasteiger partial charge in [0.2, 0.25) is 5.95 Å². The van der Waals surface area contributed by atoms with Crippen LogP contribution < -0.4 is 10.9 Å². The van der Waals surface area contributed by atoms with E-state index in [0.29, 0.717) is 12.0 Å². The van der Waals surface area contributed by atoms with Gasteiger partial charge in [-0.1, -0.05) is 0 Å². The molecule has 0 radical (unpaired) electrons. The van der Waals surface area contributed by atoms with Crippen molar-refractivity contribution < 1.29 is 0 Å². The zero-order valence-electron chi connectivity index (χ0n) is 7.67. The van der Waals surface area contributed by atoms with Crippen LogP contribution in [0.2, 0.25) is 0 Å². The summed E-state index contributed by atoms with van der Waals surface area (Å²) in [6, 6.07) is 0.533. The molecule has 2 aliphatic rings. The van der Waals surface area contributed by atoms with E-state index in [1.807, 2.05) is 0 Å². The van der Waals surface area contributed by atoms with Crippen LogP contribution in [0.15, 0.2) is 4.79 Å². The number of hydrogen-bond donors (Lipinski definition) is 2. The number of aromatic amines is 1. The highest BCUT2D eigenvalue weighted by atomic mass is 32.2. The highest BCUT2D eigenvalue weighted by molar-refractivity contribution is 7.98. The van der Waals surface area contributed by atoms with E-state index in [4.69, 9.17) is 0 Å². The summed E-state index contributed by atoms with van der Waals surface area (Å²) < 4.78 is 0. The van der Waals surface area contributed by atoms with Gasteiger partial charge < -0.3 is 5.32 Å². The number of aromatic nitrogens is 2. The minimum absolute atomic E-state index is 0.0307. The van der Waals surface area contributed by atoms with Gasteiger partial charge in [0.05, 0.1) is 5.69 Å². The van der Waals surface area contributed by atoms with E-state index in [1.165, 1.54) is 12.8 Å². The van der Waals surface area contributed by atoms with Gasteiger partial charge in [-0.15, -0.1) is 0 Å². The molecule has 14 heavy (non-hydrogen) atoms. The SMILES string of the molecule is O=c1[nH]c(NC2CC2)nc2c1CSC2. The second kappa shape index (κ2) is 3.02. The van der Waals surface area contributed by atoms with Gasteiger partial charge in [0.1, 0.15) is 0 Å². The monoisotopic (exact) mass is 209 g/mol. The molecular formula is C9H11N3OS. The molecule has 1 aromatic heterocycles. The highest BCUT2D eigenvalue weighted by Gasteiger charge is 2.23. The lowest BCUT2D eigenvalue weighted by Crippen LogP contribution is -2.18. The maximum absolute atomic E-state index is 11.6. The molecule has 74 valence electrons. The number of H-pyrrole nitrogens is 1. The van der Waals surface area contributed by atoms with Crippen molar-refractivity contribution in [3.05, 3.63) is 21.6 Å². The van der Waals surface area contributed by atoms with E-state index in [2.05, 4.69) is 15.3 Å². The van der Waals surface area contributed by atoms with Crippen LogP contribution in [0.1, 0.15) is 24.1 Å². The van der Waals surface area contributed by atoms with Crippen LogP contribution in [-0.4, -0.2) is 16.0 Å². The number of thioether (sulfide) groups is 1. The predicted molar refractivity (Wildman–Crippen MR) is 56.5 cm³/mol. The molecule has 1 saturated carbocycles. The smallest absolute Gasteiger partial charge is 0.256 e. The number of anilines is 1. The molecular weight excluding hydrogens is 198 g/mol. The van der Waals surface area contributed by atoms with Crippen LogP contribution in [-0.2, 0) is 11.5 Å². The van der Waals surface area contributed by atoms with Crippen LogP contribution in [0.3, 0.4) is 0 Å². The summed E-state index contributed by atoms with van der Waals surface area (Å²) in [5.74, 6) is 2.33. The summed E-state index contributed by atoms with van der Waals surface area (Å²) in [5.41, 5.74) is 1.85. The Morgan fingerprint density at radius 2 is 2.29 bits per heavy atom. The van der Waals surface area contributed by atoms with E-state index in [9.17, 15) is 4.79 Å². The number of nitrogens with zero attached hydrogens (tertiary/aromatic N) is 1. The van der Waals surface area contributed by atoms with Gasteiger partial charge in [-0.25, -0.2) is 4.98 Å². The van der Waals surface area contributed by atoms with E-state index < -0.39 is 0 Å². The van der Waals surface area contributed by atoms with Crippen molar-refractivity contribution in [2.75, 3.05) is 5.32 Å². The Bertz CT molecular complexity index is 425. The molecule has 0 unspecified atom stereocenters. The molecule has 1 aromatic rings. The first-order valence-corrected chi connectivity index (χ1v) is 5.95. The average molecular weight is 209 g/mol. The first kappa shape index (κ1) is 8.35. The molecule has 2 heterocycles. The minimum atomic E-state index is 0.0307. The molecule has 0 bridgehead atoms. The Labute approximate surface area is 85.5 Å². The third kappa shape index (κ3) is 1.41. The van der Waals surface area contributed by atoms with Crippen molar-refractivity contribution in [1.82, 2.24) is 9.97 Å². The van der Waals surface area contributed by atoms with E-state index in [0.717, 1.165) is 22.8 Å². The zero-order chi connectivity index (χ0) is 9.54. The number of fused-ring (bicyclic) bond motifs is 1. The molecule has 0 spiro atoms. The summed E-state index contributed by atoms with van der Waals surface area (Å²) in [5, 5.41) is 3.21. The lowest BCUT2D eigenvalue weighted by molar-refractivity contribution is 0.985. The summed E-state index contributed by atoms with van der Waals surface area (Å²) >= 11 is 1.75. The molecule has 0 amide bonds. The zero-order valence-corrected chi connectivity index (χ0v) is 8.49. The van der Waals surface area contributed by atoms with Gasteiger partial charge in [-0.2, -0.15) is 11.8 Å². The largest absolute Gasteiger partial charge is 0.353 e. The quantitative estimate of drug-likeness (QED) is 0.765. The minimum Gasteiger partial charge on any atom is -0.353 e. The molecule has 0 atom stereocenters. The third-order valence-electron chi connectivity index (χ3n) is 2.50. The van der Waals surface area contributed by atoms with Crippen molar-refractivity contribution in [3.63, 3.8) is 0 Å². The van der Waals surface area contributed by atoms with Crippen molar-refractivity contribution >= 4 is 17.7 Å². The number of nitrogens with one attached hydrogen (secondary N) is 2. The molecule has 3 rings (SSSR count). The molecule has 0 aromatic carbocycles. The molecule has 1 aliphatic carbocycles. The maximum Gasteiger partial charge on any atom is 0.256 e. The third-order valence-corrected chi connectivity index (χ3v) is 3.47. The molecule has 4 nitrogen and oxygen atoms in total. The van der Waals surface area contributed by atoms with Crippen molar-refractivity contribution in [2.24, 2.45) is 0 Å². The summed E-state index contributed by atoms with van der Waals surface area (Å²) in [4.78, 5) is 18.8. The van der Waals surface area contributed by atoms with Crippen LogP contribution in [0, 0.1) is 0 Å². The van der Waals surface area contributed by atoms with Gasteiger partial charge in [0, 0.05) is 23.1 Å². The molecule has 2 N–H and O–H groups in total. The Morgan fingerprint density at radius 1 is 1.43 bits per heavy atom. The van der Waals surface area contributed by atoms with Gasteiger partial charge in [-0.05, 0) is 12.8 Å². The Hall–Kier alpha value is -0.970. The summed E-state index contributed by atoms with van der Waals surface area (Å²) in [7, 11) is 0. The number of hydrogen-bond acceptors (Lipinski definition) is 4. The van der Waals surface area contributed by atoms with E-state index in [1.54, 1.807) is 11.8 Å². The van der Waals surface area contributed by atoms with Crippen molar-refractivity contribution in [3.8, 4) is 0 Å². The Kier molecular flexibility index (Phi) is 1.80. The topological polar surface area (TPSA) is 57.8 Å². The fourth-order valence-electron chi connectivity index (χ4n) is 1.55. The first-order valence-electron chi connectivity index (χ1n) is 4.79. The second-order valence-corrected chi connectivity index (χ2v) is 4.74. The first-order chi connectivity index (χ1) is 6.83. The van der Waals surface area contributed by atoms with E-state index in [-0.39, 0.29) is 5.56 Å². The van der Waals surface area contributed by atoms with Gasteiger partial charge in [-0.3, -0.25) is 9.78 Å². The predicted octanol–water partition coefficient (Wildman–Crippen LogP) is 1.09. The fourth-order valence-corrected chi connectivity index (χ4v) is 2.59. The summed E-state index contributed by atoms with van der Waals surface area (Å²) in [6.45, 7) is 0. The lowest BCUT2D eigenvalue weighted by atomic mass is 10.3. The van der Waals surface area contributed by atoms with Crippen LogP contribution in [0.5, 0.6) is 0 Å². The fraction of sp³-hybridized carbons (Fsp3) is 0.556. The molecule has 0 saturated heterocycles. The van der Waals surface area contributed by atoms with Gasteiger partial charge >= 0.3 is 0 Å². The average Bonchev–Trinajstić information content (AvgIpc) is 2.82. The molecule has 5 heteroatoms. The van der Waals surface area contributed by atoms with Crippen LogP contribution >= 0.6 is 11.8 Å². The van der Waals surface area contributed by atoms with Crippen LogP contribution in [0.25, 0.3) is 0 Å². The summed E-state index contributed by atoms with van der Waals surface area (Å²) in [6.07, 6.45) is 2.38. The Morgan fingerprint density at radius 3 is 3.07 bits per heavy atom.